The molecule has 0 radical (unpaired) electrons. The van der Waals surface area contributed by atoms with E-state index in [1.54, 1.807) is 35.3 Å². The van der Waals surface area contributed by atoms with E-state index in [-0.39, 0.29) is 29.5 Å². The summed E-state index contributed by atoms with van der Waals surface area (Å²) in [6.45, 7) is 0.526. The number of alkyl halides is 3. The van der Waals surface area contributed by atoms with Crippen LogP contribution in [0.3, 0.4) is 0 Å². The summed E-state index contributed by atoms with van der Waals surface area (Å²) >= 11 is 0. The second-order valence-corrected chi connectivity index (χ2v) is 8.56. The summed E-state index contributed by atoms with van der Waals surface area (Å²) in [5, 5.41) is 0. The molecule has 3 unspecified atom stereocenters. The molecule has 0 spiro atoms. The van der Waals surface area contributed by atoms with Crippen molar-refractivity contribution in [1.82, 2.24) is 24.8 Å². The van der Waals surface area contributed by atoms with Gasteiger partial charge in [0.2, 0.25) is 0 Å². The number of amides is 1. The summed E-state index contributed by atoms with van der Waals surface area (Å²) in [7, 11) is 1.73. The van der Waals surface area contributed by atoms with E-state index in [4.69, 9.17) is 0 Å². The van der Waals surface area contributed by atoms with Crippen LogP contribution in [-0.2, 0) is 6.18 Å². The van der Waals surface area contributed by atoms with Crippen molar-refractivity contribution in [2.45, 2.75) is 31.1 Å². The third kappa shape index (κ3) is 3.95. The van der Waals surface area contributed by atoms with Gasteiger partial charge in [-0.2, -0.15) is 13.2 Å². The average Bonchev–Trinajstić information content (AvgIpc) is 3.44. The van der Waals surface area contributed by atoms with Crippen molar-refractivity contribution in [3.8, 4) is 11.4 Å². The maximum atomic E-state index is 14.1. The molecule has 1 saturated carbocycles. The Morgan fingerprint density at radius 3 is 2.50 bits per heavy atom. The number of benzene rings is 1. The highest BCUT2D eigenvalue weighted by Gasteiger charge is 2.49. The molecular formula is C23H20F4N6O. The van der Waals surface area contributed by atoms with E-state index < -0.39 is 17.7 Å². The van der Waals surface area contributed by atoms with Crippen LogP contribution in [0, 0.1) is 11.7 Å². The van der Waals surface area contributed by atoms with Gasteiger partial charge in [0.25, 0.3) is 5.91 Å². The monoisotopic (exact) mass is 472 g/mol. The number of fused-ring (bicyclic) bond motifs is 2. The summed E-state index contributed by atoms with van der Waals surface area (Å²) in [6.07, 6.45) is 1.86. The van der Waals surface area contributed by atoms with Gasteiger partial charge in [0, 0.05) is 31.5 Å². The summed E-state index contributed by atoms with van der Waals surface area (Å²) < 4.78 is 52.6. The van der Waals surface area contributed by atoms with Gasteiger partial charge >= 0.3 is 6.18 Å². The van der Waals surface area contributed by atoms with E-state index in [9.17, 15) is 22.4 Å². The molecule has 3 atom stereocenters. The molecule has 1 saturated heterocycles. The number of anilines is 1. The van der Waals surface area contributed by atoms with Gasteiger partial charge in [-0.3, -0.25) is 4.79 Å². The lowest BCUT2D eigenvalue weighted by atomic mass is 10.0. The van der Waals surface area contributed by atoms with Crippen molar-refractivity contribution >= 4 is 11.7 Å². The average molecular weight is 472 g/mol. The molecular weight excluding hydrogens is 452 g/mol. The van der Waals surface area contributed by atoms with Crippen LogP contribution in [0.4, 0.5) is 23.4 Å². The van der Waals surface area contributed by atoms with Crippen molar-refractivity contribution in [3.63, 3.8) is 0 Å². The zero-order valence-electron chi connectivity index (χ0n) is 18.1. The van der Waals surface area contributed by atoms with Gasteiger partial charge in [-0.1, -0.05) is 0 Å². The zero-order chi connectivity index (χ0) is 24.0. The number of piperidine rings is 1. The molecule has 2 fully saturated rings. The Balaban J connectivity index is 1.41. The Bertz CT molecular complexity index is 1200. The minimum Gasteiger partial charge on any atom is -0.353 e. The molecule has 5 rings (SSSR count). The van der Waals surface area contributed by atoms with Crippen LogP contribution < -0.4 is 4.90 Å². The number of carbonyl (C=O) groups is 1. The van der Waals surface area contributed by atoms with E-state index >= 15 is 0 Å². The van der Waals surface area contributed by atoms with Crippen molar-refractivity contribution in [3.05, 3.63) is 66.1 Å². The summed E-state index contributed by atoms with van der Waals surface area (Å²) in [4.78, 5) is 32.9. The van der Waals surface area contributed by atoms with Crippen LogP contribution >= 0.6 is 0 Å². The van der Waals surface area contributed by atoms with Gasteiger partial charge in [-0.25, -0.2) is 24.3 Å². The quantitative estimate of drug-likeness (QED) is 0.538. The normalized spacial score (nSPS) is 21.7. The number of nitrogens with zero attached hydrogens (tertiary/aromatic N) is 6. The highest BCUT2D eigenvalue weighted by Crippen LogP contribution is 2.42. The van der Waals surface area contributed by atoms with Crippen LogP contribution in [0.25, 0.3) is 11.4 Å². The third-order valence-corrected chi connectivity index (χ3v) is 6.52. The molecule has 1 amide bonds. The van der Waals surface area contributed by atoms with Crippen LogP contribution in [0.1, 0.15) is 28.9 Å². The molecule has 11 heteroatoms. The predicted molar refractivity (Wildman–Crippen MR) is 114 cm³/mol. The number of likely N-dealkylation sites (tertiary alicyclic amines) is 1. The number of likely N-dealkylation sites (N-methyl/N-ethyl adjacent to an activating group) is 1. The molecule has 0 N–H and O–H groups in total. The highest BCUT2D eigenvalue weighted by molar-refractivity contribution is 6.00. The molecule has 176 valence electrons. The van der Waals surface area contributed by atoms with Crippen molar-refractivity contribution in [1.29, 1.82) is 0 Å². The van der Waals surface area contributed by atoms with Gasteiger partial charge in [0.15, 0.2) is 11.5 Å². The maximum Gasteiger partial charge on any atom is 0.434 e. The number of halogens is 4. The van der Waals surface area contributed by atoms with E-state index in [2.05, 4.69) is 19.9 Å². The van der Waals surface area contributed by atoms with E-state index in [1.165, 1.54) is 18.2 Å². The highest BCUT2D eigenvalue weighted by atomic mass is 19.4. The van der Waals surface area contributed by atoms with E-state index in [0.717, 1.165) is 19.0 Å². The van der Waals surface area contributed by atoms with Gasteiger partial charge < -0.3 is 9.80 Å². The molecule has 3 aromatic rings. The lowest BCUT2D eigenvalue weighted by Gasteiger charge is -2.38. The van der Waals surface area contributed by atoms with Gasteiger partial charge in [-0.15, -0.1) is 0 Å². The zero-order valence-corrected chi connectivity index (χ0v) is 18.1. The Morgan fingerprint density at radius 2 is 1.85 bits per heavy atom. The first-order valence-corrected chi connectivity index (χ1v) is 10.7. The smallest absolute Gasteiger partial charge is 0.353 e. The predicted octanol–water partition coefficient (Wildman–Crippen LogP) is 3.83. The van der Waals surface area contributed by atoms with Gasteiger partial charge in [0.1, 0.15) is 11.6 Å². The minimum atomic E-state index is -4.56. The molecule has 2 aliphatic rings. The van der Waals surface area contributed by atoms with Crippen LogP contribution in [0.2, 0.25) is 0 Å². The maximum absolute atomic E-state index is 14.1. The number of rotatable bonds is 4. The first kappa shape index (κ1) is 22.2. The summed E-state index contributed by atoms with van der Waals surface area (Å²) in [6, 6.07) is 5.25. The second-order valence-electron chi connectivity index (χ2n) is 8.56. The standard InChI is InChI=1S/C23H20F4N6O/c1-32(20-11-30-19(10-31-20)23(25,26)27)17-7-13-8-18(17)33(12-13)22(34)16-9-14(24)3-4-15(16)21-28-5-2-6-29-21/h2-6,9-11,13,17-18H,7-8,12H2,1H3. The van der Waals surface area contributed by atoms with Crippen molar-refractivity contribution in [2.24, 2.45) is 5.92 Å². The molecule has 2 bridgehead atoms. The largest absolute Gasteiger partial charge is 0.434 e. The van der Waals surface area contributed by atoms with Crippen LogP contribution in [0.5, 0.6) is 0 Å². The SMILES string of the molecule is CN(c1cnc(C(F)(F)F)cn1)C1CC2CC1N(C(=O)c1cc(F)ccc1-c1ncccn1)C2. The Kier molecular flexibility index (Phi) is 5.41. The second kappa shape index (κ2) is 8.30. The first-order chi connectivity index (χ1) is 16.2. The van der Waals surface area contributed by atoms with Gasteiger partial charge in [-0.05, 0) is 43.0 Å². The van der Waals surface area contributed by atoms with Crippen LogP contribution in [-0.4, -0.2) is 56.4 Å². The van der Waals surface area contributed by atoms with E-state index in [0.29, 0.717) is 29.9 Å². The van der Waals surface area contributed by atoms with Crippen molar-refractivity contribution < 1.29 is 22.4 Å². The number of hydrogen-bond donors (Lipinski definition) is 0. The number of hydrogen-bond acceptors (Lipinski definition) is 6. The lowest BCUT2D eigenvalue weighted by molar-refractivity contribution is -0.141. The minimum absolute atomic E-state index is 0.154. The molecule has 2 aromatic heterocycles. The fraction of sp³-hybridized carbons (Fsp3) is 0.348. The fourth-order valence-corrected chi connectivity index (χ4v) is 4.94. The molecule has 1 aromatic carbocycles. The fourth-order valence-electron chi connectivity index (χ4n) is 4.94. The van der Waals surface area contributed by atoms with Crippen LogP contribution in [0.15, 0.2) is 49.1 Å². The number of carbonyl (C=O) groups excluding carboxylic acids is 1. The molecule has 1 aliphatic heterocycles. The van der Waals surface area contributed by atoms with Crippen molar-refractivity contribution in [2.75, 3.05) is 18.5 Å². The summed E-state index contributed by atoms with van der Waals surface area (Å²) in [5.41, 5.74) is -0.445. The van der Waals surface area contributed by atoms with E-state index in [1.807, 2.05) is 0 Å². The molecule has 1 aliphatic carbocycles. The molecule has 34 heavy (non-hydrogen) atoms. The topological polar surface area (TPSA) is 75.1 Å². The number of aromatic nitrogens is 4. The third-order valence-electron chi connectivity index (χ3n) is 6.52. The molecule has 3 heterocycles. The Labute approximate surface area is 192 Å². The summed E-state index contributed by atoms with van der Waals surface area (Å²) in [5.74, 6) is -0.0214. The van der Waals surface area contributed by atoms with Gasteiger partial charge in [0.05, 0.1) is 30.0 Å². The Hall–Kier alpha value is -3.63. The first-order valence-electron chi connectivity index (χ1n) is 10.7. The molecule has 7 nitrogen and oxygen atoms in total. The lowest BCUT2D eigenvalue weighted by Crippen LogP contribution is -2.51. The Morgan fingerprint density at radius 1 is 1.09 bits per heavy atom.